The molecule has 0 atom stereocenters. The Morgan fingerprint density at radius 1 is 1.09 bits per heavy atom. The van der Waals surface area contributed by atoms with Gasteiger partial charge in [0.2, 0.25) is 5.88 Å². The molecule has 35 heavy (non-hydrogen) atoms. The van der Waals surface area contributed by atoms with Gasteiger partial charge in [0.1, 0.15) is 23.9 Å². The third kappa shape index (κ3) is 5.39. The average Bonchev–Trinajstić information content (AvgIpc) is 3.44. The first kappa shape index (κ1) is 22.4. The van der Waals surface area contributed by atoms with Crippen LogP contribution in [0.25, 0.3) is 11.5 Å². The Hall–Kier alpha value is -4.43. The van der Waals surface area contributed by atoms with Crippen LogP contribution in [0.4, 0.5) is 10.2 Å². The molecule has 0 spiro atoms. The van der Waals surface area contributed by atoms with Gasteiger partial charge in [0, 0.05) is 50.6 Å². The summed E-state index contributed by atoms with van der Waals surface area (Å²) in [6.45, 7) is 4.28. The fraction of sp³-hybridized carbons (Fsp3) is 0.250. The Kier molecular flexibility index (Phi) is 6.54. The molecule has 0 unspecified atom stereocenters. The van der Waals surface area contributed by atoms with Crippen LogP contribution in [0.15, 0.2) is 54.7 Å². The molecule has 5 rings (SSSR count). The number of anilines is 1. The number of aromatic amines is 1. The van der Waals surface area contributed by atoms with Crippen LogP contribution < -0.4 is 9.64 Å². The summed E-state index contributed by atoms with van der Waals surface area (Å²) < 4.78 is 19.8. The lowest BCUT2D eigenvalue weighted by atomic mass is 10.1. The highest BCUT2D eigenvalue weighted by atomic mass is 19.1. The highest BCUT2D eigenvalue weighted by Gasteiger charge is 2.19. The molecule has 1 saturated heterocycles. The van der Waals surface area contributed by atoms with Gasteiger partial charge in [0.15, 0.2) is 5.82 Å². The van der Waals surface area contributed by atoms with Crippen molar-refractivity contribution in [2.24, 2.45) is 0 Å². The minimum atomic E-state index is -0.462. The van der Waals surface area contributed by atoms with E-state index >= 15 is 0 Å². The molecule has 1 aliphatic heterocycles. The van der Waals surface area contributed by atoms with Gasteiger partial charge in [0.05, 0.1) is 11.6 Å². The average molecular weight is 472 g/mol. The van der Waals surface area contributed by atoms with Crippen molar-refractivity contribution in [1.29, 1.82) is 5.26 Å². The Bertz CT molecular complexity index is 1310. The molecule has 0 aliphatic carbocycles. The van der Waals surface area contributed by atoms with Crippen LogP contribution in [0.5, 0.6) is 5.88 Å². The molecule has 0 saturated carbocycles. The summed E-state index contributed by atoms with van der Waals surface area (Å²) in [7, 11) is 0. The van der Waals surface area contributed by atoms with Crippen LogP contribution in [-0.2, 0) is 13.2 Å². The van der Waals surface area contributed by atoms with Gasteiger partial charge in [-0.15, -0.1) is 5.10 Å². The number of ether oxygens (including phenoxy) is 1. The number of nitrogens with one attached hydrogen (secondary N) is 1. The van der Waals surface area contributed by atoms with Gasteiger partial charge in [-0.25, -0.2) is 9.49 Å². The number of pyridine rings is 2. The number of nitrogens with zero attached hydrogens (tertiary/aromatic N) is 8. The van der Waals surface area contributed by atoms with Gasteiger partial charge < -0.3 is 9.64 Å². The zero-order valence-corrected chi connectivity index (χ0v) is 18.8. The number of halogens is 1. The molecule has 0 amide bonds. The summed E-state index contributed by atoms with van der Waals surface area (Å²) in [5.41, 5.74) is 2.49. The first-order valence-corrected chi connectivity index (χ1v) is 11.1. The zero-order valence-electron chi connectivity index (χ0n) is 18.8. The largest absolute Gasteiger partial charge is 0.473 e. The summed E-state index contributed by atoms with van der Waals surface area (Å²) in [6.07, 6.45) is 1.85. The van der Waals surface area contributed by atoms with E-state index in [9.17, 15) is 4.39 Å². The highest BCUT2D eigenvalue weighted by molar-refractivity contribution is 5.47. The number of tetrazole rings is 1. The third-order valence-electron chi connectivity index (χ3n) is 5.78. The lowest BCUT2D eigenvalue weighted by Crippen LogP contribution is -2.46. The normalized spacial score (nSPS) is 14.0. The van der Waals surface area contributed by atoms with Crippen molar-refractivity contribution in [1.82, 2.24) is 35.5 Å². The molecule has 3 aromatic heterocycles. The van der Waals surface area contributed by atoms with Crippen LogP contribution in [0.2, 0.25) is 0 Å². The van der Waals surface area contributed by atoms with Crippen molar-refractivity contribution in [2.45, 2.75) is 13.2 Å². The molecule has 1 aromatic carbocycles. The van der Waals surface area contributed by atoms with Crippen molar-refractivity contribution >= 4 is 5.82 Å². The van der Waals surface area contributed by atoms with Crippen LogP contribution in [0.3, 0.4) is 0 Å². The maximum absolute atomic E-state index is 14.1. The Balaban J connectivity index is 1.14. The van der Waals surface area contributed by atoms with Gasteiger partial charge in [-0.1, -0.05) is 18.2 Å². The number of H-pyrrole nitrogens is 1. The number of aromatic nitrogens is 6. The topological polar surface area (TPSA) is 120 Å². The maximum atomic E-state index is 14.1. The molecule has 1 N–H and O–H groups in total. The molecule has 1 aliphatic rings. The van der Waals surface area contributed by atoms with Gasteiger partial charge in [-0.05, 0) is 40.3 Å². The quantitative estimate of drug-likeness (QED) is 0.434. The van der Waals surface area contributed by atoms with E-state index in [1.807, 2.05) is 36.5 Å². The summed E-state index contributed by atoms with van der Waals surface area (Å²) in [6, 6.07) is 15.8. The predicted molar refractivity (Wildman–Crippen MR) is 125 cm³/mol. The van der Waals surface area contributed by atoms with E-state index in [-0.39, 0.29) is 12.2 Å². The Labute approximate surface area is 201 Å². The van der Waals surface area contributed by atoms with Crippen molar-refractivity contribution in [2.75, 3.05) is 31.1 Å². The molecular weight excluding hydrogens is 449 g/mol. The first-order chi connectivity index (χ1) is 17.2. The van der Waals surface area contributed by atoms with Gasteiger partial charge in [-0.3, -0.25) is 9.88 Å². The predicted octanol–water partition coefficient (Wildman–Crippen LogP) is 2.57. The Morgan fingerprint density at radius 3 is 2.69 bits per heavy atom. The fourth-order valence-corrected chi connectivity index (χ4v) is 3.87. The number of nitriles is 1. The fourth-order valence-electron chi connectivity index (χ4n) is 3.87. The number of hydrogen-bond donors (Lipinski definition) is 1. The molecule has 4 heterocycles. The molecule has 0 bridgehead atoms. The smallest absolute Gasteiger partial charge is 0.215 e. The molecule has 10 nitrogen and oxygen atoms in total. The lowest BCUT2D eigenvalue weighted by molar-refractivity contribution is 0.248. The van der Waals surface area contributed by atoms with E-state index in [0.717, 1.165) is 44.1 Å². The van der Waals surface area contributed by atoms with E-state index in [4.69, 9.17) is 10.00 Å². The molecular formula is C24H22FN9O. The number of hydrogen-bond acceptors (Lipinski definition) is 9. The van der Waals surface area contributed by atoms with E-state index in [2.05, 4.69) is 40.4 Å². The lowest BCUT2D eigenvalue weighted by Gasteiger charge is -2.35. The minimum Gasteiger partial charge on any atom is -0.473 e. The maximum Gasteiger partial charge on any atom is 0.215 e. The summed E-state index contributed by atoms with van der Waals surface area (Å²) >= 11 is 0. The Morgan fingerprint density at radius 2 is 1.97 bits per heavy atom. The highest BCUT2D eigenvalue weighted by Crippen LogP contribution is 2.20. The van der Waals surface area contributed by atoms with Gasteiger partial charge in [0.25, 0.3) is 0 Å². The van der Waals surface area contributed by atoms with E-state index in [1.54, 1.807) is 18.2 Å². The second kappa shape index (κ2) is 10.2. The van der Waals surface area contributed by atoms with Crippen molar-refractivity contribution in [3.63, 3.8) is 0 Å². The first-order valence-electron chi connectivity index (χ1n) is 11.1. The van der Waals surface area contributed by atoms with Crippen LogP contribution in [0.1, 0.15) is 16.7 Å². The van der Waals surface area contributed by atoms with Gasteiger partial charge in [-0.2, -0.15) is 10.2 Å². The van der Waals surface area contributed by atoms with E-state index in [1.165, 1.54) is 6.07 Å². The molecule has 1 fully saturated rings. The van der Waals surface area contributed by atoms with Crippen LogP contribution in [-0.4, -0.2) is 61.7 Å². The molecule has 4 aromatic rings. The van der Waals surface area contributed by atoms with E-state index in [0.29, 0.717) is 23.0 Å². The van der Waals surface area contributed by atoms with Crippen molar-refractivity contribution < 1.29 is 9.13 Å². The number of piperazine rings is 1. The minimum absolute atomic E-state index is 0.0432. The van der Waals surface area contributed by atoms with Crippen molar-refractivity contribution in [3.05, 3.63) is 77.2 Å². The summed E-state index contributed by atoms with van der Waals surface area (Å²) in [4.78, 5) is 13.6. The van der Waals surface area contributed by atoms with E-state index < -0.39 is 5.82 Å². The second-order valence-corrected chi connectivity index (χ2v) is 8.11. The number of rotatable bonds is 7. The standard InChI is InChI=1S/C24H22FN9O/c25-20-12-17(13-26)4-6-19(20)16-35-23-3-1-2-22(28-23)34-10-8-33(9-11-34)15-18-5-7-21(27-14-18)24-29-31-32-30-24/h1-7,12,14H,8-11,15-16H2,(H,29,30,31,32). The van der Waals surface area contributed by atoms with Crippen molar-refractivity contribution in [3.8, 4) is 23.5 Å². The SMILES string of the molecule is N#Cc1ccc(COc2cccc(N3CCN(Cc4ccc(-c5nnn[nH]5)nc4)CC3)n2)c(F)c1. The van der Waals surface area contributed by atoms with Crippen LogP contribution in [0, 0.1) is 17.1 Å². The summed E-state index contributed by atoms with van der Waals surface area (Å²) in [5, 5.41) is 22.6. The molecule has 11 heteroatoms. The zero-order chi connectivity index (χ0) is 24.0. The summed E-state index contributed by atoms with van der Waals surface area (Å²) in [5.74, 6) is 1.35. The van der Waals surface area contributed by atoms with Gasteiger partial charge >= 0.3 is 0 Å². The number of benzene rings is 1. The molecule has 0 radical (unpaired) electrons. The van der Waals surface area contributed by atoms with Crippen LogP contribution >= 0.6 is 0 Å². The third-order valence-corrected chi connectivity index (χ3v) is 5.78. The monoisotopic (exact) mass is 471 g/mol. The molecule has 176 valence electrons. The second-order valence-electron chi connectivity index (χ2n) is 8.11.